The predicted octanol–water partition coefficient (Wildman–Crippen LogP) is 2.53. The zero-order valence-corrected chi connectivity index (χ0v) is 12.7. The fraction of sp³-hybridized carbons (Fsp3) is 0.455. The van der Waals surface area contributed by atoms with Crippen LogP contribution in [0.5, 0.6) is 0 Å². The van der Waals surface area contributed by atoms with Crippen molar-refractivity contribution >= 4 is 33.2 Å². The van der Waals surface area contributed by atoms with E-state index in [0.717, 1.165) is 0 Å². The van der Waals surface area contributed by atoms with Crippen LogP contribution in [0.25, 0.3) is 0 Å². The predicted molar refractivity (Wildman–Crippen MR) is 74.4 cm³/mol. The Bertz CT molecular complexity index is 551. The van der Waals surface area contributed by atoms with Crippen LogP contribution in [-0.2, 0) is 16.6 Å². The maximum Gasteiger partial charge on any atom is 0.242 e. The van der Waals surface area contributed by atoms with E-state index in [0.29, 0.717) is 10.6 Å². The van der Waals surface area contributed by atoms with E-state index < -0.39 is 15.6 Å². The Morgan fingerprint density at radius 3 is 2.28 bits per heavy atom. The molecule has 0 radical (unpaired) electrons. The van der Waals surface area contributed by atoms with Gasteiger partial charge in [-0.25, -0.2) is 13.1 Å². The van der Waals surface area contributed by atoms with Crippen LogP contribution in [0.2, 0.25) is 10.0 Å². The Labute approximate surface area is 118 Å². The SMILES string of the molecule is CC(C)(C)NS(=O)(=O)c1ccc(Cl)c(CN)c1Cl. The molecule has 1 aromatic carbocycles. The molecule has 0 fully saturated rings. The maximum atomic E-state index is 12.2. The molecule has 0 heterocycles. The van der Waals surface area contributed by atoms with Crippen LogP contribution in [-0.4, -0.2) is 14.0 Å². The summed E-state index contributed by atoms with van der Waals surface area (Å²) in [6, 6.07) is 2.85. The van der Waals surface area contributed by atoms with Crippen LogP contribution in [0.4, 0.5) is 0 Å². The summed E-state index contributed by atoms with van der Waals surface area (Å²) in [6.45, 7) is 5.32. The van der Waals surface area contributed by atoms with Gasteiger partial charge in [-0.3, -0.25) is 0 Å². The fourth-order valence-electron chi connectivity index (χ4n) is 1.43. The van der Waals surface area contributed by atoms with Gasteiger partial charge >= 0.3 is 0 Å². The molecule has 0 aliphatic heterocycles. The van der Waals surface area contributed by atoms with Crippen LogP contribution in [0.15, 0.2) is 17.0 Å². The summed E-state index contributed by atoms with van der Waals surface area (Å²) < 4.78 is 26.9. The van der Waals surface area contributed by atoms with Gasteiger partial charge in [0.05, 0.1) is 5.02 Å². The molecule has 0 atom stereocenters. The Hall–Kier alpha value is -0.330. The topological polar surface area (TPSA) is 72.2 Å². The standard InChI is InChI=1S/C11H16Cl2N2O2S/c1-11(2,3)15-18(16,17)9-5-4-8(12)7(6-14)10(9)13/h4-5,15H,6,14H2,1-3H3. The lowest BCUT2D eigenvalue weighted by atomic mass is 10.1. The quantitative estimate of drug-likeness (QED) is 0.901. The van der Waals surface area contributed by atoms with Crippen molar-refractivity contribution < 1.29 is 8.42 Å². The third-order valence-electron chi connectivity index (χ3n) is 2.08. The van der Waals surface area contributed by atoms with E-state index in [-0.39, 0.29) is 16.5 Å². The number of halogens is 2. The normalized spacial score (nSPS) is 12.8. The molecule has 0 spiro atoms. The third-order valence-corrected chi connectivity index (χ3v) is 4.78. The number of nitrogens with one attached hydrogen (secondary N) is 1. The molecule has 4 nitrogen and oxygen atoms in total. The van der Waals surface area contributed by atoms with E-state index in [2.05, 4.69) is 4.72 Å². The first-order valence-electron chi connectivity index (χ1n) is 5.29. The number of benzene rings is 1. The van der Waals surface area contributed by atoms with Gasteiger partial charge in [0, 0.05) is 22.7 Å². The molecule has 3 N–H and O–H groups in total. The fourth-order valence-corrected chi connectivity index (χ4v) is 3.78. The molecule has 0 aromatic heterocycles. The van der Waals surface area contributed by atoms with Gasteiger partial charge in [-0.05, 0) is 32.9 Å². The van der Waals surface area contributed by atoms with Crippen molar-refractivity contribution in [3.8, 4) is 0 Å². The number of hydrogen-bond donors (Lipinski definition) is 2. The molecule has 0 bridgehead atoms. The molecule has 0 saturated carbocycles. The van der Waals surface area contributed by atoms with Gasteiger partial charge in [-0.15, -0.1) is 0 Å². The Balaban J connectivity index is 3.35. The average molecular weight is 311 g/mol. The van der Waals surface area contributed by atoms with Crippen molar-refractivity contribution in [1.82, 2.24) is 4.72 Å². The highest BCUT2D eigenvalue weighted by Gasteiger charge is 2.25. The second kappa shape index (κ2) is 5.35. The van der Waals surface area contributed by atoms with Gasteiger partial charge in [0.15, 0.2) is 0 Å². The molecule has 1 rings (SSSR count). The number of rotatable bonds is 3. The first kappa shape index (κ1) is 15.7. The van der Waals surface area contributed by atoms with Gasteiger partial charge in [0.1, 0.15) is 4.90 Å². The summed E-state index contributed by atoms with van der Waals surface area (Å²) in [6.07, 6.45) is 0. The molecular weight excluding hydrogens is 295 g/mol. The van der Waals surface area contributed by atoms with Crippen molar-refractivity contribution in [2.24, 2.45) is 5.73 Å². The van der Waals surface area contributed by atoms with Crippen LogP contribution < -0.4 is 10.5 Å². The van der Waals surface area contributed by atoms with Crippen molar-refractivity contribution in [2.75, 3.05) is 0 Å². The van der Waals surface area contributed by atoms with Crippen LogP contribution in [0.1, 0.15) is 26.3 Å². The van der Waals surface area contributed by atoms with Crippen molar-refractivity contribution in [3.05, 3.63) is 27.7 Å². The number of sulfonamides is 1. The van der Waals surface area contributed by atoms with Crippen molar-refractivity contribution in [1.29, 1.82) is 0 Å². The van der Waals surface area contributed by atoms with Gasteiger partial charge in [0.2, 0.25) is 10.0 Å². The lowest BCUT2D eigenvalue weighted by Crippen LogP contribution is -2.40. The van der Waals surface area contributed by atoms with Gasteiger partial charge in [0.25, 0.3) is 0 Å². The highest BCUT2D eigenvalue weighted by Crippen LogP contribution is 2.31. The van der Waals surface area contributed by atoms with E-state index in [4.69, 9.17) is 28.9 Å². The van der Waals surface area contributed by atoms with E-state index in [1.165, 1.54) is 12.1 Å². The smallest absolute Gasteiger partial charge is 0.242 e. The van der Waals surface area contributed by atoms with E-state index in [1.54, 1.807) is 20.8 Å². The Kier molecular flexibility index (Phi) is 4.67. The van der Waals surface area contributed by atoms with Crippen LogP contribution in [0, 0.1) is 0 Å². The van der Waals surface area contributed by atoms with Crippen LogP contribution in [0.3, 0.4) is 0 Å². The van der Waals surface area contributed by atoms with Crippen molar-refractivity contribution in [2.45, 2.75) is 37.8 Å². The molecule has 1 aromatic rings. The molecule has 0 unspecified atom stereocenters. The molecule has 0 aliphatic rings. The summed E-state index contributed by atoms with van der Waals surface area (Å²) in [5.74, 6) is 0. The third kappa shape index (κ3) is 3.59. The number of hydrogen-bond acceptors (Lipinski definition) is 3. The highest BCUT2D eigenvalue weighted by molar-refractivity contribution is 7.89. The molecule has 0 amide bonds. The monoisotopic (exact) mass is 310 g/mol. The molecule has 0 aliphatic carbocycles. The molecule has 7 heteroatoms. The largest absolute Gasteiger partial charge is 0.326 e. The zero-order chi connectivity index (χ0) is 14.1. The van der Waals surface area contributed by atoms with Gasteiger partial charge in [-0.2, -0.15) is 0 Å². The van der Waals surface area contributed by atoms with Gasteiger partial charge < -0.3 is 5.73 Å². The molecule has 102 valence electrons. The van der Waals surface area contributed by atoms with Crippen LogP contribution >= 0.6 is 23.2 Å². The highest BCUT2D eigenvalue weighted by atomic mass is 35.5. The minimum atomic E-state index is -3.69. The minimum absolute atomic E-state index is 0.0102. The lowest BCUT2D eigenvalue weighted by Gasteiger charge is -2.21. The van der Waals surface area contributed by atoms with Crippen molar-refractivity contribution in [3.63, 3.8) is 0 Å². The van der Waals surface area contributed by atoms with E-state index in [9.17, 15) is 8.42 Å². The Morgan fingerprint density at radius 2 is 1.83 bits per heavy atom. The molecule has 0 saturated heterocycles. The minimum Gasteiger partial charge on any atom is -0.326 e. The Morgan fingerprint density at radius 1 is 1.28 bits per heavy atom. The second-order valence-corrected chi connectivity index (χ2v) is 7.33. The zero-order valence-electron chi connectivity index (χ0n) is 10.4. The summed E-state index contributed by atoms with van der Waals surface area (Å²) in [5.41, 5.74) is 5.34. The van der Waals surface area contributed by atoms with Gasteiger partial charge in [-0.1, -0.05) is 23.2 Å². The molecular formula is C11H16Cl2N2O2S. The molecule has 18 heavy (non-hydrogen) atoms. The maximum absolute atomic E-state index is 12.2. The first-order chi connectivity index (χ1) is 8.08. The first-order valence-corrected chi connectivity index (χ1v) is 7.53. The summed E-state index contributed by atoms with van der Waals surface area (Å²) >= 11 is 11.9. The summed E-state index contributed by atoms with van der Waals surface area (Å²) in [5, 5.41) is 0.430. The lowest BCUT2D eigenvalue weighted by molar-refractivity contribution is 0.491. The van der Waals surface area contributed by atoms with E-state index >= 15 is 0 Å². The number of nitrogens with two attached hydrogens (primary N) is 1. The second-order valence-electron chi connectivity index (χ2n) is 4.90. The van der Waals surface area contributed by atoms with E-state index in [1.807, 2.05) is 0 Å². The summed E-state index contributed by atoms with van der Waals surface area (Å²) in [4.78, 5) is -0.0102. The average Bonchev–Trinajstić information content (AvgIpc) is 2.13. The summed E-state index contributed by atoms with van der Waals surface area (Å²) in [7, 11) is -3.69.